The zero-order chi connectivity index (χ0) is 30.8. The van der Waals surface area contributed by atoms with E-state index in [0.29, 0.717) is 17.5 Å². The van der Waals surface area contributed by atoms with Crippen LogP contribution >= 0.6 is 31.1 Å². The minimum absolute atomic E-state index is 0.00758. The number of halogens is 1. The molecule has 0 aliphatic carbocycles. The lowest BCUT2D eigenvalue weighted by molar-refractivity contribution is -0.186. The van der Waals surface area contributed by atoms with Crippen molar-refractivity contribution in [3.05, 3.63) is 94.0 Å². The Hall–Kier alpha value is -2.12. The number of nitrogens with zero attached hydrogens (tertiary/aromatic N) is 2. The summed E-state index contributed by atoms with van der Waals surface area (Å²) in [6, 6.07) is 20.1. The number of hydrogen-bond donors (Lipinski definition) is 4. The number of para-hydroxylation sites is 2. The number of phenolic OH excluding ortho intramolecular Hbond substituents is 2. The molecule has 3 unspecified atom stereocenters. The van der Waals surface area contributed by atoms with Crippen LogP contribution in [0.5, 0.6) is 11.5 Å². The molecule has 0 radical (unpaired) electrons. The Morgan fingerprint density at radius 2 is 1.26 bits per heavy atom. The number of aromatic hydroxyl groups is 2. The van der Waals surface area contributed by atoms with Crippen molar-refractivity contribution in [1.82, 2.24) is 9.80 Å². The topological polar surface area (TPSA) is 158 Å². The van der Waals surface area contributed by atoms with Crippen LogP contribution in [0.1, 0.15) is 16.7 Å². The molecule has 0 saturated heterocycles. The van der Waals surface area contributed by atoms with Gasteiger partial charge in [-0.1, -0.05) is 64.5 Å². The molecule has 230 valence electrons. The van der Waals surface area contributed by atoms with Crippen LogP contribution in [-0.2, 0) is 47.8 Å². The van der Waals surface area contributed by atoms with Crippen LogP contribution in [0.4, 0.5) is 0 Å². The lowest BCUT2D eigenvalue weighted by Crippen LogP contribution is -2.45. The van der Waals surface area contributed by atoms with Gasteiger partial charge >= 0.3 is 15.2 Å². The van der Waals surface area contributed by atoms with Gasteiger partial charge in [0.1, 0.15) is 24.1 Å². The van der Waals surface area contributed by atoms with E-state index < -0.39 is 33.8 Å². The molecule has 15 heteroatoms. The van der Waals surface area contributed by atoms with Crippen molar-refractivity contribution < 1.29 is 48.3 Å². The third kappa shape index (κ3) is 11.2. The van der Waals surface area contributed by atoms with E-state index in [1.165, 1.54) is 12.1 Å². The van der Waals surface area contributed by atoms with Crippen molar-refractivity contribution >= 4 is 31.1 Å². The summed E-state index contributed by atoms with van der Waals surface area (Å²) >= 11 is 3.43. The van der Waals surface area contributed by atoms with E-state index in [2.05, 4.69) is 30.4 Å². The summed E-state index contributed by atoms with van der Waals surface area (Å²) in [6.45, 7) is 0.126. The van der Waals surface area contributed by atoms with Gasteiger partial charge in [-0.15, -0.1) is 9.35 Å². The van der Waals surface area contributed by atoms with E-state index in [1.807, 2.05) is 24.3 Å². The van der Waals surface area contributed by atoms with Crippen molar-refractivity contribution in [1.29, 1.82) is 0 Å². The molecule has 3 rings (SSSR count). The van der Waals surface area contributed by atoms with Gasteiger partial charge in [0.05, 0.1) is 14.2 Å². The number of phenols is 2. The van der Waals surface area contributed by atoms with Gasteiger partial charge in [0, 0.05) is 41.3 Å². The molecule has 0 aromatic heterocycles. The fourth-order valence-electron chi connectivity index (χ4n) is 4.48. The minimum atomic E-state index is -4.33. The summed E-state index contributed by atoms with van der Waals surface area (Å²) < 4.78 is 36.0. The third-order valence-electron chi connectivity index (χ3n) is 6.24. The summed E-state index contributed by atoms with van der Waals surface area (Å²) in [5, 5.41) is 21.0. The quantitative estimate of drug-likeness (QED) is 0.0834. The Labute approximate surface area is 253 Å². The Bertz CT molecular complexity index is 1380. The summed E-state index contributed by atoms with van der Waals surface area (Å²) in [5.74, 6) is -0.0171. The first-order valence-electron chi connectivity index (χ1n) is 12.7. The van der Waals surface area contributed by atoms with Gasteiger partial charge in [0.15, 0.2) is 0 Å². The van der Waals surface area contributed by atoms with Gasteiger partial charge in [-0.25, -0.2) is 9.78 Å². The molecular formula is C27H35BrN2O10P2. The Morgan fingerprint density at radius 3 is 1.79 bits per heavy atom. The third-order valence-corrected chi connectivity index (χ3v) is 9.01. The van der Waals surface area contributed by atoms with Gasteiger partial charge in [-0.05, 0) is 36.2 Å². The molecule has 0 bridgehead atoms. The second kappa shape index (κ2) is 16.1. The summed E-state index contributed by atoms with van der Waals surface area (Å²) in [7, 11) is -6.38. The average Bonchev–Trinajstić information content (AvgIpc) is 2.91. The monoisotopic (exact) mass is 688 g/mol. The second-order valence-corrected chi connectivity index (χ2v) is 13.9. The predicted molar refractivity (Wildman–Crippen MR) is 159 cm³/mol. The highest BCUT2D eigenvalue weighted by atomic mass is 79.9. The van der Waals surface area contributed by atoms with Crippen LogP contribution in [0, 0.1) is 0 Å². The zero-order valence-corrected chi connectivity index (χ0v) is 26.5. The lowest BCUT2D eigenvalue weighted by atomic mass is 10.0. The SMILES string of the molecule is COOP(=O)(O)CN(Cc1ccccc1O)CC(Cc1ccc(Br)cc1)N(Cc1ccccc1O)CP(=O)(O)OOC. The fourth-order valence-corrected chi connectivity index (χ4v) is 6.81. The highest BCUT2D eigenvalue weighted by molar-refractivity contribution is 9.10. The predicted octanol–water partition coefficient (Wildman–Crippen LogP) is 5.22. The Kier molecular flexibility index (Phi) is 13.2. The maximum absolute atomic E-state index is 13.0. The maximum Gasteiger partial charge on any atom is 0.369 e. The summed E-state index contributed by atoms with van der Waals surface area (Å²) in [4.78, 5) is 33.3. The van der Waals surface area contributed by atoms with Crippen molar-refractivity contribution in [3.8, 4) is 11.5 Å². The zero-order valence-electron chi connectivity index (χ0n) is 23.2. The van der Waals surface area contributed by atoms with Crippen molar-refractivity contribution in [2.45, 2.75) is 25.6 Å². The molecule has 0 saturated carbocycles. The molecule has 12 nitrogen and oxygen atoms in total. The molecular weight excluding hydrogens is 654 g/mol. The Morgan fingerprint density at radius 1 is 0.762 bits per heavy atom. The van der Waals surface area contributed by atoms with Crippen molar-refractivity contribution in [3.63, 3.8) is 0 Å². The second-order valence-electron chi connectivity index (χ2n) is 9.54. The standard InChI is InChI=1S/C27H35BrN2O10P2/c1-37-39-41(33,34)19-29(16-22-7-3-5-9-26(22)31)18-25(15-21-11-13-24(28)14-12-21)30(20-42(35,36)40-38-2)17-23-8-4-6-10-27(23)32/h3-14,25,31-32H,15-20H2,1-2H3,(H,33,34)(H,35,36). The lowest BCUT2D eigenvalue weighted by Gasteiger charge is -2.36. The molecule has 3 aromatic carbocycles. The molecule has 42 heavy (non-hydrogen) atoms. The van der Waals surface area contributed by atoms with Gasteiger partial charge < -0.3 is 20.0 Å². The average molecular weight is 689 g/mol. The number of rotatable bonds is 17. The van der Waals surface area contributed by atoms with E-state index in [9.17, 15) is 29.1 Å². The molecule has 0 aliphatic heterocycles. The first-order valence-corrected chi connectivity index (χ1v) is 17.1. The van der Waals surface area contributed by atoms with Gasteiger partial charge in [0.25, 0.3) is 0 Å². The van der Waals surface area contributed by atoms with Crippen molar-refractivity contribution in [2.24, 2.45) is 0 Å². The highest BCUT2D eigenvalue weighted by Crippen LogP contribution is 2.45. The number of benzene rings is 3. The molecule has 0 aliphatic rings. The van der Waals surface area contributed by atoms with Crippen LogP contribution < -0.4 is 0 Å². The van der Waals surface area contributed by atoms with Crippen LogP contribution in [-0.4, -0.2) is 69.2 Å². The number of hydrogen-bond acceptors (Lipinski definition) is 10. The van der Waals surface area contributed by atoms with Gasteiger partial charge in [0.2, 0.25) is 0 Å². The first kappa shape index (κ1) is 34.4. The van der Waals surface area contributed by atoms with Crippen LogP contribution in [0.3, 0.4) is 0 Å². The van der Waals surface area contributed by atoms with E-state index >= 15 is 0 Å². The molecule has 3 atom stereocenters. The smallest absolute Gasteiger partial charge is 0.369 e. The minimum Gasteiger partial charge on any atom is -0.508 e. The van der Waals surface area contributed by atoms with E-state index in [4.69, 9.17) is 4.67 Å². The van der Waals surface area contributed by atoms with E-state index in [1.54, 1.807) is 46.2 Å². The molecule has 4 N–H and O–H groups in total. The van der Waals surface area contributed by atoms with E-state index in [0.717, 1.165) is 24.3 Å². The van der Waals surface area contributed by atoms with Crippen LogP contribution in [0.25, 0.3) is 0 Å². The van der Waals surface area contributed by atoms with E-state index in [-0.39, 0.29) is 31.1 Å². The van der Waals surface area contributed by atoms with Crippen molar-refractivity contribution in [2.75, 3.05) is 33.3 Å². The molecule has 0 heterocycles. The van der Waals surface area contributed by atoms with Crippen LogP contribution in [0.2, 0.25) is 0 Å². The molecule has 0 fully saturated rings. The fraction of sp³-hybridized carbons (Fsp3) is 0.333. The molecule has 0 amide bonds. The van der Waals surface area contributed by atoms with Gasteiger partial charge in [-0.2, -0.15) is 0 Å². The first-order chi connectivity index (χ1) is 19.9. The normalized spacial score (nSPS) is 15.4. The molecule has 0 spiro atoms. The van der Waals surface area contributed by atoms with Crippen LogP contribution in [0.15, 0.2) is 77.3 Å². The maximum atomic E-state index is 13.0. The largest absolute Gasteiger partial charge is 0.508 e. The Balaban J connectivity index is 2.06. The highest BCUT2D eigenvalue weighted by Gasteiger charge is 2.33. The molecule has 3 aromatic rings. The summed E-state index contributed by atoms with van der Waals surface area (Å²) in [5.41, 5.74) is 1.84. The summed E-state index contributed by atoms with van der Waals surface area (Å²) in [6.07, 6.45) is -0.653. The van der Waals surface area contributed by atoms with Gasteiger partial charge in [-0.3, -0.25) is 18.9 Å².